The number of benzene rings is 2. The first-order valence-corrected chi connectivity index (χ1v) is 13.2. The predicted octanol–water partition coefficient (Wildman–Crippen LogP) is 4.72. The van der Waals surface area contributed by atoms with E-state index < -0.39 is 0 Å². The van der Waals surface area contributed by atoms with Crippen LogP contribution >= 0.6 is 0 Å². The van der Waals surface area contributed by atoms with E-state index in [0.717, 1.165) is 69.3 Å². The van der Waals surface area contributed by atoms with Gasteiger partial charge in [0.1, 0.15) is 5.69 Å². The summed E-state index contributed by atoms with van der Waals surface area (Å²) < 4.78 is 5.46. The zero-order valence-electron chi connectivity index (χ0n) is 22.2. The number of ether oxygens (including phenoxy) is 1. The van der Waals surface area contributed by atoms with Gasteiger partial charge in [0.25, 0.3) is 5.91 Å². The van der Waals surface area contributed by atoms with Gasteiger partial charge >= 0.3 is 0 Å². The van der Waals surface area contributed by atoms with Crippen molar-refractivity contribution in [1.29, 1.82) is 0 Å². The minimum Gasteiger partial charge on any atom is -0.397 e. The largest absolute Gasteiger partial charge is 0.397 e. The molecule has 1 aliphatic heterocycles. The maximum atomic E-state index is 12.7. The fourth-order valence-electron chi connectivity index (χ4n) is 4.41. The Kier molecular flexibility index (Phi) is 9.72. The molecule has 1 saturated heterocycles. The number of nitrogens with one attached hydrogen (secondary N) is 2. The summed E-state index contributed by atoms with van der Waals surface area (Å²) in [7, 11) is 0. The lowest BCUT2D eigenvalue weighted by atomic mass is 10.2. The lowest BCUT2D eigenvalue weighted by Gasteiger charge is -2.29. The fourth-order valence-corrected chi connectivity index (χ4v) is 4.41. The van der Waals surface area contributed by atoms with E-state index in [9.17, 15) is 4.79 Å². The van der Waals surface area contributed by atoms with E-state index in [0.29, 0.717) is 23.6 Å². The van der Waals surface area contributed by atoms with Gasteiger partial charge in [0.15, 0.2) is 0 Å². The molecule has 0 saturated carbocycles. The summed E-state index contributed by atoms with van der Waals surface area (Å²) >= 11 is 0. The molecule has 0 spiro atoms. The third kappa shape index (κ3) is 8.06. The Balaban J connectivity index is 1.38. The summed E-state index contributed by atoms with van der Waals surface area (Å²) in [6.07, 6.45) is 3.90. The number of rotatable bonds is 12. The third-order valence-electron chi connectivity index (χ3n) is 6.58. The Morgan fingerprint density at radius 1 is 1.08 bits per heavy atom. The molecule has 0 atom stereocenters. The number of aromatic nitrogens is 1. The van der Waals surface area contributed by atoms with Crippen molar-refractivity contribution in [2.45, 2.75) is 26.3 Å². The van der Waals surface area contributed by atoms with Crippen LogP contribution < -0.4 is 16.4 Å². The number of unbranched alkanes of at least 4 members (excludes halogenated alkanes) is 1. The molecule has 1 fully saturated rings. The van der Waals surface area contributed by atoms with Gasteiger partial charge in [0.05, 0.1) is 30.4 Å². The maximum absolute atomic E-state index is 12.7. The predicted molar refractivity (Wildman–Crippen MR) is 154 cm³/mol. The van der Waals surface area contributed by atoms with E-state index in [1.165, 1.54) is 5.56 Å². The number of para-hydroxylation sites is 2. The first-order valence-electron chi connectivity index (χ1n) is 13.2. The molecule has 8 heteroatoms. The van der Waals surface area contributed by atoms with Crippen LogP contribution in [0.2, 0.25) is 0 Å². The number of anilines is 3. The molecule has 0 unspecified atom stereocenters. The molecule has 200 valence electrons. The van der Waals surface area contributed by atoms with Gasteiger partial charge < -0.3 is 26.0 Å². The van der Waals surface area contributed by atoms with Crippen LogP contribution in [0.15, 0.2) is 79.3 Å². The molecule has 0 radical (unpaired) electrons. The topological polar surface area (TPSA) is 95.8 Å². The number of carbonyl (C=O) groups is 1. The van der Waals surface area contributed by atoms with Crippen LogP contribution in [-0.4, -0.2) is 60.1 Å². The van der Waals surface area contributed by atoms with Crippen molar-refractivity contribution in [3.63, 3.8) is 0 Å². The number of nitrogens with two attached hydrogens (primary N) is 1. The van der Waals surface area contributed by atoms with E-state index >= 15 is 0 Å². The number of carbonyl (C=O) groups excluding carboxylic acids is 1. The van der Waals surface area contributed by atoms with Crippen LogP contribution in [0.4, 0.5) is 17.1 Å². The number of aryl methyl sites for hydroxylation is 1. The Bertz CT molecular complexity index is 1210. The molecule has 8 nitrogen and oxygen atoms in total. The zero-order chi connectivity index (χ0) is 26.7. The molecular weight excluding hydrogens is 476 g/mol. The Labute approximate surface area is 225 Å². The van der Waals surface area contributed by atoms with Gasteiger partial charge in [0.2, 0.25) is 0 Å². The van der Waals surface area contributed by atoms with Crippen molar-refractivity contribution in [2.75, 3.05) is 55.8 Å². The van der Waals surface area contributed by atoms with Crippen molar-refractivity contribution in [3.05, 3.63) is 96.1 Å². The SMILES string of the molecule is C=C(Nc1cccc(C)c1)N(CCCCN1CCOCC1)Cc1ccc(C(=O)Nc2ccccc2N)nc1. The lowest BCUT2D eigenvalue weighted by Crippen LogP contribution is -2.37. The zero-order valence-corrected chi connectivity index (χ0v) is 22.2. The number of morpholine rings is 1. The first kappa shape index (κ1) is 27.2. The fraction of sp³-hybridized carbons (Fsp3) is 0.333. The van der Waals surface area contributed by atoms with Crippen molar-refractivity contribution in [1.82, 2.24) is 14.8 Å². The second-order valence-electron chi connectivity index (χ2n) is 9.62. The van der Waals surface area contributed by atoms with E-state index in [1.54, 1.807) is 24.4 Å². The van der Waals surface area contributed by atoms with Gasteiger partial charge in [-0.2, -0.15) is 0 Å². The summed E-state index contributed by atoms with van der Waals surface area (Å²) in [5.41, 5.74) is 10.6. The Morgan fingerprint density at radius 2 is 1.89 bits per heavy atom. The average Bonchev–Trinajstić information content (AvgIpc) is 2.92. The highest BCUT2D eigenvalue weighted by Gasteiger charge is 2.14. The smallest absolute Gasteiger partial charge is 0.274 e. The van der Waals surface area contributed by atoms with Crippen LogP contribution in [0.3, 0.4) is 0 Å². The van der Waals surface area contributed by atoms with E-state index in [1.807, 2.05) is 30.3 Å². The van der Waals surface area contributed by atoms with Gasteiger partial charge in [-0.05, 0) is 67.8 Å². The van der Waals surface area contributed by atoms with Crippen LogP contribution in [-0.2, 0) is 11.3 Å². The first-order chi connectivity index (χ1) is 18.5. The van der Waals surface area contributed by atoms with Gasteiger partial charge in [-0.3, -0.25) is 14.7 Å². The highest BCUT2D eigenvalue weighted by molar-refractivity contribution is 6.04. The molecule has 4 N–H and O–H groups in total. The number of pyridine rings is 1. The molecule has 0 aliphatic carbocycles. The molecule has 1 amide bonds. The number of hydrogen-bond acceptors (Lipinski definition) is 7. The third-order valence-corrected chi connectivity index (χ3v) is 6.58. The maximum Gasteiger partial charge on any atom is 0.274 e. The second kappa shape index (κ2) is 13.6. The van der Waals surface area contributed by atoms with Crippen molar-refractivity contribution >= 4 is 23.0 Å². The number of amides is 1. The minimum absolute atomic E-state index is 0.292. The Hall–Kier alpha value is -3.88. The monoisotopic (exact) mass is 514 g/mol. The number of nitrogens with zero attached hydrogens (tertiary/aromatic N) is 3. The molecular formula is C30H38N6O2. The number of nitrogen functional groups attached to an aromatic ring is 1. The van der Waals surface area contributed by atoms with Gasteiger partial charge in [-0.25, -0.2) is 0 Å². The van der Waals surface area contributed by atoms with Crippen LogP contribution in [0.25, 0.3) is 0 Å². The lowest BCUT2D eigenvalue weighted by molar-refractivity contribution is 0.0369. The van der Waals surface area contributed by atoms with Crippen LogP contribution in [0, 0.1) is 6.92 Å². The second-order valence-corrected chi connectivity index (χ2v) is 9.62. The van der Waals surface area contributed by atoms with Crippen molar-refractivity contribution in [2.24, 2.45) is 0 Å². The molecule has 1 aliphatic rings. The minimum atomic E-state index is -0.292. The van der Waals surface area contributed by atoms with Crippen LogP contribution in [0.5, 0.6) is 0 Å². The average molecular weight is 515 g/mol. The van der Waals surface area contributed by atoms with E-state index in [2.05, 4.69) is 51.1 Å². The van der Waals surface area contributed by atoms with Crippen molar-refractivity contribution in [3.8, 4) is 0 Å². The standard InChI is InChI=1S/C30H38N6O2/c1-23-8-7-9-26(20-23)33-24(2)36(15-6-5-14-35-16-18-38-19-17-35)22-25-12-13-29(32-21-25)30(37)34-28-11-4-3-10-27(28)31/h3-4,7-13,20-21,33H,2,5-6,14-19,22,31H2,1H3,(H,34,37). The van der Waals surface area contributed by atoms with Crippen LogP contribution in [0.1, 0.15) is 34.5 Å². The summed E-state index contributed by atoms with van der Waals surface area (Å²) in [5, 5.41) is 6.29. The number of hydrogen-bond donors (Lipinski definition) is 3. The van der Waals surface area contributed by atoms with Gasteiger partial charge in [-0.1, -0.05) is 36.9 Å². The van der Waals surface area contributed by atoms with Gasteiger partial charge in [-0.15, -0.1) is 0 Å². The van der Waals surface area contributed by atoms with E-state index in [4.69, 9.17) is 10.5 Å². The highest BCUT2D eigenvalue weighted by atomic mass is 16.5. The molecule has 3 aromatic rings. The normalized spacial score (nSPS) is 13.6. The van der Waals surface area contributed by atoms with Crippen molar-refractivity contribution < 1.29 is 9.53 Å². The highest BCUT2D eigenvalue weighted by Crippen LogP contribution is 2.19. The summed E-state index contributed by atoms with van der Waals surface area (Å²) in [6.45, 7) is 12.6. The quantitative estimate of drug-likeness (QED) is 0.238. The molecule has 38 heavy (non-hydrogen) atoms. The molecule has 1 aromatic heterocycles. The summed E-state index contributed by atoms with van der Waals surface area (Å²) in [5.74, 6) is 0.545. The molecule has 2 aromatic carbocycles. The molecule has 4 rings (SSSR count). The summed E-state index contributed by atoms with van der Waals surface area (Å²) in [6, 6.07) is 19.1. The Morgan fingerprint density at radius 3 is 2.63 bits per heavy atom. The molecule has 2 heterocycles. The molecule has 0 bridgehead atoms. The summed E-state index contributed by atoms with van der Waals surface area (Å²) in [4.78, 5) is 21.8. The van der Waals surface area contributed by atoms with Gasteiger partial charge in [0, 0.05) is 38.1 Å². The van der Waals surface area contributed by atoms with E-state index in [-0.39, 0.29) is 5.91 Å².